The van der Waals surface area contributed by atoms with E-state index in [1.807, 2.05) is 74.4 Å². The fraction of sp³-hybridized carbons (Fsp3) is 0.273. The monoisotopic (exact) mass is 396 g/mol. The van der Waals surface area contributed by atoms with Crippen molar-refractivity contribution in [3.63, 3.8) is 0 Å². The molecule has 0 bridgehead atoms. The highest BCUT2D eigenvalue weighted by atomic mass is 35.5. The van der Waals surface area contributed by atoms with Gasteiger partial charge in [-0.1, -0.05) is 23.7 Å². The minimum Gasteiger partial charge on any atom is -0.354 e. The van der Waals surface area contributed by atoms with Gasteiger partial charge in [0.25, 0.3) is 5.91 Å². The molecule has 146 valence electrons. The van der Waals surface area contributed by atoms with Crippen molar-refractivity contribution in [2.45, 2.75) is 6.92 Å². The number of para-hydroxylation sites is 1. The Kier molecular flexibility index (Phi) is 6.49. The van der Waals surface area contributed by atoms with Gasteiger partial charge in [-0.2, -0.15) is 0 Å². The standard InChI is InChI=1S/C22H25ClN4O/c1-4-27(14-13-26(2)3)22(28)18-7-5-6-8-19(18)25-20-11-12-24-21-15-16(23)9-10-17(20)21/h5-12,15H,4,13-14H2,1-3H3,(H,24,25). The molecule has 3 rings (SSSR count). The summed E-state index contributed by atoms with van der Waals surface area (Å²) >= 11 is 6.09. The Morgan fingerprint density at radius 3 is 2.61 bits per heavy atom. The van der Waals surface area contributed by atoms with Gasteiger partial charge >= 0.3 is 0 Å². The molecule has 0 aliphatic carbocycles. The Balaban J connectivity index is 1.92. The number of nitrogens with zero attached hydrogens (tertiary/aromatic N) is 3. The van der Waals surface area contributed by atoms with Crippen LogP contribution in [0.25, 0.3) is 10.9 Å². The van der Waals surface area contributed by atoms with E-state index in [2.05, 4.69) is 15.2 Å². The molecular formula is C22H25ClN4O. The fourth-order valence-corrected chi connectivity index (χ4v) is 3.21. The first-order valence-corrected chi connectivity index (χ1v) is 9.71. The molecule has 0 saturated carbocycles. The van der Waals surface area contributed by atoms with Gasteiger partial charge in [0.15, 0.2) is 0 Å². The molecule has 0 atom stereocenters. The molecule has 0 aliphatic heterocycles. The van der Waals surface area contributed by atoms with Crippen LogP contribution in [-0.4, -0.2) is 54.4 Å². The summed E-state index contributed by atoms with van der Waals surface area (Å²) in [6.45, 7) is 4.18. The van der Waals surface area contributed by atoms with Crippen molar-refractivity contribution in [3.05, 3.63) is 65.3 Å². The van der Waals surface area contributed by atoms with E-state index in [1.54, 1.807) is 6.20 Å². The Hall–Kier alpha value is -2.63. The van der Waals surface area contributed by atoms with Crippen molar-refractivity contribution in [1.29, 1.82) is 0 Å². The number of hydrogen-bond donors (Lipinski definition) is 1. The molecule has 5 nitrogen and oxygen atoms in total. The van der Waals surface area contributed by atoms with Crippen molar-refractivity contribution in [2.24, 2.45) is 0 Å². The van der Waals surface area contributed by atoms with E-state index in [9.17, 15) is 4.79 Å². The highest BCUT2D eigenvalue weighted by Gasteiger charge is 2.18. The third-order valence-corrected chi connectivity index (χ3v) is 4.85. The van der Waals surface area contributed by atoms with Gasteiger partial charge in [-0.3, -0.25) is 9.78 Å². The second kappa shape index (κ2) is 9.04. The molecule has 0 fully saturated rings. The van der Waals surface area contributed by atoms with Gasteiger partial charge in [-0.25, -0.2) is 0 Å². The number of aromatic nitrogens is 1. The Morgan fingerprint density at radius 2 is 1.86 bits per heavy atom. The molecule has 0 saturated heterocycles. The summed E-state index contributed by atoms with van der Waals surface area (Å²) in [4.78, 5) is 21.5. The number of likely N-dealkylation sites (N-methyl/N-ethyl adjacent to an activating group) is 2. The highest BCUT2D eigenvalue weighted by molar-refractivity contribution is 6.31. The Labute approximate surface area is 170 Å². The first kappa shape index (κ1) is 20.1. The molecule has 28 heavy (non-hydrogen) atoms. The maximum Gasteiger partial charge on any atom is 0.255 e. The number of benzene rings is 2. The summed E-state index contributed by atoms with van der Waals surface area (Å²) in [7, 11) is 4.02. The smallest absolute Gasteiger partial charge is 0.255 e. The van der Waals surface area contributed by atoms with E-state index in [0.717, 1.165) is 28.8 Å². The van der Waals surface area contributed by atoms with Gasteiger partial charge in [0, 0.05) is 41.9 Å². The lowest BCUT2D eigenvalue weighted by atomic mass is 10.1. The highest BCUT2D eigenvalue weighted by Crippen LogP contribution is 2.29. The molecule has 0 unspecified atom stereocenters. The lowest BCUT2D eigenvalue weighted by Crippen LogP contribution is -2.36. The average molecular weight is 397 g/mol. The zero-order valence-corrected chi connectivity index (χ0v) is 17.2. The predicted molar refractivity (Wildman–Crippen MR) is 117 cm³/mol. The number of pyridine rings is 1. The number of amides is 1. The molecule has 1 amide bonds. The van der Waals surface area contributed by atoms with Crippen LogP contribution in [0.4, 0.5) is 11.4 Å². The van der Waals surface area contributed by atoms with Crippen LogP contribution in [0.5, 0.6) is 0 Å². The zero-order chi connectivity index (χ0) is 20.1. The molecule has 0 radical (unpaired) electrons. The summed E-state index contributed by atoms with van der Waals surface area (Å²) in [5.74, 6) is 0.0221. The van der Waals surface area contributed by atoms with Crippen LogP contribution in [0.15, 0.2) is 54.7 Å². The van der Waals surface area contributed by atoms with Crippen molar-refractivity contribution in [1.82, 2.24) is 14.8 Å². The van der Waals surface area contributed by atoms with Crippen LogP contribution in [0.3, 0.4) is 0 Å². The van der Waals surface area contributed by atoms with E-state index >= 15 is 0 Å². The molecule has 1 heterocycles. The van der Waals surface area contributed by atoms with Crippen LogP contribution in [0.1, 0.15) is 17.3 Å². The largest absolute Gasteiger partial charge is 0.354 e. The molecule has 3 aromatic rings. The van der Waals surface area contributed by atoms with Crippen LogP contribution in [0.2, 0.25) is 5.02 Å². The number of rotatable bonds is 7. The Morgan fingerprint density at radius 1 is 1.07 bits per heavy atom. The van der Waals surface area contributed by atoms with E-state index < -0.39 is 0 Å². The maximum absolute atomic E-state index is 13.1. The second-order valence-corrected chi connectivity index (χ2v) is 7.32. The second-order valence-electron chi connectivity index (χ2n) is 6.88. The van der Waals surface area contributed by atoms with E-state index in [1.165, 1.54) is 0 Å². The van der Waals surface area contributed by atoms with E-state index in [4.69, 9.17) is 11.6 Å². The van der Waals surface area contributed by atoms with Gasteiger partial charge in [-0.05, 0) is 57.4 Å². The number of carbonyl (C=O) groups is 1. The molecule has 0 spiro atoms. The minimum atomic E-state index is 0.0221. The number of carbonyl (C=O) groups excluding carboxylic acids is 1. The third-order valence-electron chi connectivity index (χ3n) is 4.62. The molecule has 0 aliphatic rings. The number of anilines is 2. The molecular weight excluding hydrogens is 372 g/mol. The maximum atomic E-state index is 13.1. The summed E-state index contributed by atoms with van der Waals surface area (Å²) in [5.41, 5.74) is 3.13. The molecule has 2 aromatic carbocycles. The minimum absolute atomic E-state index is 0.0221. The quantitative estimate of drug-likeness (QED) is 0.631. The summed E-state index contributed by atoms with van der Waals surface area (Å²) in [6.07, 6.45) is 1.74. The zero-order valence-electron chi connectivity index (χ0n) is 16.4. The van der Waals surface area contributed by atoms with Crippen LogP contribution < -0.4 is 5.32 Å². The fourth-order valence-electron chi connectivity index (χ4n) is 3.05. The third kappa shape index (κ3) is 4.61. The number of nitrogens with one attached hydrogen (secondary N) is 1. The van der Waals surface area contributed by atoms with Gasteiger partial charge in [0.1, 0.15) is 0 Å². The summed E-state index contributed by atoms with van der Waals surface area (Å²) < 4.78 is 0. The predicted octanol–water partition coefficient (Wildman–Crippen LogP) is 4.66. The molecule has 6 heteroatoms. The SMILES string of the molecule is CCN(CCN(C)C)C(=O)c1ccccc1Nc1ccnc2cc(Cl)ccc12. The first-order valence-electron chi connectivity index (χ1n) is 9.34. The normalized spacial score (nSPS) is 11.0. The molecule has 1 N–H and O–H groups in total. The van der Waals surface area contributed by atoms with Gasteiger partial charge in [0.2, 0.25) is 0 Å². The van der Waals surface area contributed by atoms with E-state index in [0.29, 0.717) is 23.7 Å². The van der Waals surface area contributed by atoms with Gasteiger partial charge in [0.05, 0.1) is 16.8 Å². The van der Waals surface area contributed by atoms with Crippen LogP contribution in [-0.2, 0) is 0 Å². The first-order chi connectivity index (χ1) is 13.5. The number of halogens is 1. The summed E-state index contributed by atoms with van der Waals surface area (Å²) in [6, 6.07) is 15.1. The van der Waals surface area contributed by atoms with Gasteiger partial charge in [-0.15, -0.1) is 0 Å². The Bertz CT molecular complexity index is 974. The van der Waals surface area contributed by atoms with Gasteiger partial charge < -0.3 is 15.1 Å². The number of fused-ring (bicyclic) bond motifs is 1. The average Bonchev–Trinajstić information content (AvgIpc) is 2.68. The lowest BCUT2D eigenvalue weighted by Gasteiger charge is -2.24. The van der Waals surface area contributed by atoms with Crippen LogP contribution >= 0.6 is 11.6 Å². The topological polar surface area (TPSA) is 48.5 Å². The van der Waals surface area contributed by atoms with Crippen molar-refractivity contribution in [2.75, 3.05) is 39.0 Å². The van der Waals surface area contributed by atoms with Crippen LogP contribution in [0, 0.1) is 0 Å². The lowest BCUT2D eigenvalue weighted by molar-refractivity contribution is 0.0755. The van der Waals surface area contributed by atoms with Crippen molar-refractivity contribution >= 4 is 39.8 Å². The van der Waals surface area contributed by atoms with E-state index in [-0.39, 0.29) is 5.91 Å². The number of hydrogen-bond acceptors (Lipinski definition) is 4. The van der Waals surface area contributed by atoms with Crippen molar-refractivity contribution in [3.8, 4) is 0 Å². The molecule has 1 aromatic heterocycles. The van der Waals surface area contributed by atoms with Crippen molar-refractivity contribution < 1.29 is 4.79 Å². The summed E-state index contributed by atoms with van der Waals surface area (Å²) in [5, 5.41) is 5.02.